The van der Waals surface area contributed by atoms with Gasteiger partial charge in [-0.3, -0.25) is 0 Å². The predicted octanol–water partition coefficient (Wildman–Crippen LogP) is 2.97. The Bertz CT molecular complexity index is 563. The monoisotopic (exact) mass is 244 g/mol. The van der Waals surface area contributed by atoms with Crippen LogP contribution in [-0.2, 0) is 4.74 Å². The summed E-state index contributed by atoms with van der Waals surface area (Å²) in [7, 11) is 1.31. The molecule has 0 heterocycles. The normalized spacial score (nSPS) is 9.83. The quantitative estimate of drug-likeness (QED) is 0.843. The van der Waals surface area contributed by atoms with Crippen LogP contribution in [0.25, 0.3) is 0 Å². The molecule has 0 aromatic heterocycles. The van der Waals surface area contributed by atoms with E-state index in [2.05, 4.69) is 4.74 Å². The number of phenols is 1. The third-order valence-corrected chi connectivity index (χ3v) is 2.34. The standard InChI is InChI=1S/C14H12O4/c1-17-14(16)12-7-2-3-8-13(12)18-11-6-4-5-10(15)9-11/h2-9,15H,1H3. The molecule has 0 aliphatic carbocycles. The zero-order chi connectivity index (χ0) is 13.0. The number of phenolic OH excluding ortho intramolecular Hbond substituents is 1. The largest absolute Gasteiger partial charge is 0.508 e. The first-order valence-electron chi connectivity index (χ1n) is 5.35. The molecule has 4 heteroatoms. The number of carbonyl (C=O) groups excluding carboxylic acids is 1. The van der Waals surface area contributed by atoms with Crippen molar-refractivity contribution < 1.29 is 19.4 Å². The number of carbonyl (C=O) groups is 1. The van der Waals surface area contributed by atoms with E-state index in [-0.39, 0.29) is 5.75 Å². The summed E-state index contributed by atoms with van der Waals surface area (Å²) in [5.41, 5.74) is 0.336. The maximum Gasteiger partial charge on any atom is 0.341 e. The molecule has 2 aromatic carbocycles. The zero-order valence-electron chi connectivity index (χ0n) is 9.79. The average Bonchev–Trinajstić information content (AvgIpc) is 2.38. The Morgan fingerprint density at radius 1 is 1.11 bits per heavy atom. The molecule has 2 aromatic rings. The number of esters is 1. The number of para-hydroxylation sites is 1. The van der Waals surface area contributed by atoms with Gasteiger partial charge in [-0.1, -0.05) is 18.2 Å². The number of aromatic hydroxyl groups is 1. The van der Waals surface area contributed by atoms with Gasteiger partial charge < -0.3 is 14.6 Å². The van der Waals surface area contributed by atoms with Gasteiger partial charge in [0.05, 0.1) is 7.11 Å². The molecule has 0 saturated heterocycles. The molecule has 0 bridgehead atoms. The first-order chi connectivity index (χ1) is 8.70. The van der Waals surface area contributed by atoms with Crippen LogP contribution in [0.3, 0.4) is 0 Å². The Labute approximate surface area is 104 Å². The van der Waals surface area contributed by atoms with Gasteiger partial charge in [-0.2, -0.15) is 0 Å². The van der Waals surface area contributed by atoms with Crippen LogP contribution < -0.4 is 4.74 Å². The fraction of sp³-hybridized carbons (Fsp3) is 0.0714. The second-order valence-corrected chi connectivity index (χ2v) is 3.59. The van der Waals surface area contributed by atoms with E-state index in [0.29, 0.717) is 17.1 Å². The Hall–Kier alpha value is -2.49. The molecule has 0 saturated carbocycles. The summed E-state index contributed by atoms with van der Waals surface area (Å²) in [5, 5.41) is 9.34. The summed E-state index contributed by atoms with van der Waals surface area (Å²) >= 11 is 0. The van der Waals surface area contributed by atoms with Gasteiger partial charge in [0, 0.05) is 6.07 Å². The third-order valence-electron chi connectivity index (χ3n) is 2.34. The summed E-state index contributed by atoms with van der Waals surface area (Å²) < 4.78 is 10.2. The van der Waals surface area contributed by atoms with Crippen molar-refractivity contribution in [2.45, 2.75) is 0 Å². The lowest BCUT2D eigenvalue weighted by molar-refractivity contribution is 0.0598. The SMILES string of the molecule is COC(=O)c1ccccc1Oc1cccc(O)c1. The minimum Gasteiger partial charge on any atom is -0.508 e. The Kier molecular flexibility index (Phi) is 3.48. The molecule has 0 aliphatic rings. The van der Waals surface area contributed by atoms with Crippen LogP contribution in [0.5, 0.6) is 17.2 Å². The van der Waals surface area contributed by atoms with E-state index in [4.69, 9.17) is 4.74 Å². The third kappa shape index (κ3) is 2.60. The molecule has 2 rings (SSSR count). The first-order valence-corrected chi connectivity index (χ1v) is 5.35. The summed E-state index contributed by atoms with van der Waals surface area (Å²) in [6, 6.07) is 13.1. The van der Waals surface area contributed by atoms with Gasteiger partial charge in [-0.15, -0.1) is 0 Å². The molecule has 0 fully saturated rings. The van der Waals surface area contributed by atoms with E-state index in [0.717, 1.165) is 0 Å². The lowest BCUT2D eigenvalue weighted by atomic mass is 10.2. The second-order valence-electron chi connectivity index (χ2n) is 3.59. The van der Waals surface area contributed by atoms with Gasteiger partial charge in [0.25, 0.3) is 0 Å². The highest BCUT2D eigenvalue weighted by molar-refractivity contribution is 5.92. The first kappa shape index (κ1) is 12.0. The number of methoxy groups -OCH3 is 1. The number of ether oxygens (including phenoxy) is 2. The Morgan fingerprint density at radius 2 is 1.89 bits per heavy atom. The van der Waals surface area contributed by atoms with Crippen molar-refractivity contribution in [2.24, 2.45) is 0 Å². The Balaban J connectivity index is 2.32. The molecule has 0 spiro atoms. The average molecular weight is 244 g/mol. The molecule has 0 atom stereocenters. The number of rotatable bonds is 3. The van der Waals surface area contributed by atoms with Gasteiger partial charge in [0.15, 0.2) is 0 Å². The molecule has 0 unspecified atom stereocenters. The van der Waals surface area contributed by atoms with Gasteiger partial charge in [0.2, 0.25) is 0 Å². The van der Waals surface area contributed by atoms with Crippen LogP contribution in [0.2, 0.25) is 0 Å². The van der Waals surface area contributed by atoms with Crippen molar-refractivity contribution in [3.05, 3.63) is 54.1 Å². The van der Waals surface area contributed by atoms with Gasteiger partial charge in [-0.25, -0.2) is 4.79 Å². The summed E-state index contributed by atoms with van der Waals surface area (Å²) in [6.07, 6.45) is 0. The van der Waals surface area contributed by atoms with Crippen molar-refractivity contribution in [1.29, 1.82) is 0 Å². The van der Waals surface area contributed by atoms with E-state index < -0.39 is 5.97 Å². The van der Waals surface area contributed by atoms with Gasteiger partial charge in [-0.05, 0) is 24.3 Å². The lowest BCUT2D eigenvalue weighted by Crippen LogP contribution is -2.03. The van der Waals surface area contributed by atoms with Crippen LogP contribution in [0.15, 0.2) is 48.5 Å². The number of hydrogen-bond acceptors (Lipinski definition) is 4. The van der Waals surface area contributed by atoms with Crippen molar-refractivity contribution in [3.63, 3.8) is 0 Å². The fourth-order valence-corrected chi connectivity index (χ4v) is 1.51. The van der Waals surface area contributed by atoms with Crippen molar-refractivity contribution in [1.82, 2.24) is 0 Å². The second kappa shape index (κ2) is 5.23. The molecule has 4 nitrogen and oxygen atoms in total. The number of benzene rings is 2. The highest BCUT2D eigenvalue weighted by atomic mass is 16.5. The molecular weight excluding hydrogens is 232 g/mol. The summed E-state index contributed by atoms with van der Waals surface area (Å²) in [6.45, 7) is 0. The highest BCUT2D eigenvalue weighted by Crippen LogP contribution is 2.27. The minimum atomic E-state index is -0.467. The van der Waals surface area contributed by atoms with Crippen LogP contribution >= 0.6 is 0 Å². The lowest BCUT2D eigenvalue weighted by Gasteiger charge is -2.09. The minimum absolute atomic E-state index is 0.100. The molecular formula is C14H12O4. The van der Waals surface area contributed by atoms with Gasteiger partial charge >= 0.3 is 5.97 Å². The molecule has 0 radical (unpaired) electrons. The molecule has 0 amide bonds. The van der Waals surface area contributed by atoms with Crippen LogP contribution in [-0.4, -0.2) is 18.2 Å². The fourth-order valence-electron chi connectivity index (χ4n) is 1.51. The predicted molar refractivity (Wildman–Crippen MR) is 66.0 cm³/mol. The maximum atomic E-state index is 11.5. The summed E-state index contributed by atoms with van der Waals surface area (Å²) in [4.78, 5) is 11.5. The van der Waals surface area contributed by atoms with E-state index in [1.807, 2.05) is 0 Å². The van der Waals surface area contributed by atoms with E-state index in [9.17, 15) is 9.90 Å². The maximum absolute atomic E-state index is 11.5. The molecule has 92 valence electrons. The van der Waals surface area contributed by atoms with Gasteiger partial charge in [0.1, 0.15) is 22.8 Å². The summed E-state index contributed by atoms with van der Waals surface area (Å²) in [5.74, 6) is 0.468. The van der Waals surface area contributed by atoms with Crippen LogP contribution in [0.1, 0.15) is 10.4 Å². The van der Waals surface area contributed by atoms with Crippen molar-refractivity contribution in [3.8, 4) is 17.2 Å². The zero-order valence-corrected chi connectivity index (χ0v) is 9.79. The molecule has 18 heavy (non-hydrogen) atoms. The van der Waals surface area contributed by atoms with Crippen molar-refractivity contribution >= 4 is 5.97 Å². The smallest absolute Gasteiger partial charge is 0.341 e. The van der Waals surface area contributed by atoms with Crippen molar-refractivity contribution in [2.75, 3.05) is 7.11 Å². The number of hydrogen-bond donors (Lipinski definition) is 1. The van der Waals surface area contributed by atoms with E-state index in [1.165, 1.54) is 13.2 Å². The highest BCUT2D eigenvalue weighted by Gasteiger charge is 2.12. The topological polar surface area (TPSA) is 55.8 Å². The molecule has 1 N–H and O–H groups in total. The van der Waals surface area contributed by atoms with Crippen LogP contribution in [0.4, 0.5) is 0 Å². The Morgan fingerprint density at radius 3 is 2.61 bits per heavy atom. The van der Waals surface area contributed by atoms with E-state index >= 15 is 0 Å². The molecule has 0 aliphatic heterocycles. The van der Waals surface area contributed by atoms with E-state index in [1.54, 1.807) is 42.5 Å². The van der Waals surface area contributed by atoms with Crippen LogP contribution in [0, 0.1) is 0 Å².